The predicted octanol–water partition coefficient (Wildman–Crippen LogP) is 1.40. The van der Waals surface area contributed by atoms with E-state index in [1.165, 1.54) is 11.1 Å². The van der Waals surface area contributed by atoms with Gasteiger partial charge in [-0.3, -0.25) is 9.69 Å². The molecule has 0 aliphatic carbocycles. The number of fused-ring (bicyclic) bond motifs is 1. The number of ether oxygens (including phenoxy) is 1. The van der Waals surface area contributed by atoms with Gasteiger partial charge in [-0.25, -0.2) is 0 Å². The highest BCUT2D eigenvalue weighted by molar-refractivity contribution is 5.77. The van der Waals surface area contributed by atoms with Crippen LogP contribution in [-0.4, -0.2) is 36.6 Å². The van der Waals surface area contributed by atoms with Crippen LogP contribution in [0.25, 0.3) is 0 Å². The molecule has 0 saturated carbocycles. The zero-order valence-corrected chi connectivity index (χ0v) is 9.89. The lowest BCUT2D eigenvalue weighted by atomic mass is 10.0. The summed E-state index contributed by atoms with van der Waals surface area (Å²) in [4.78, 5) is 13.9. The Hall–Kier alpha value is -1.35. The van der Waals surface area contributed by atoms with Crippen LogP contribution in [0.15, 0.2) is 24.3 Å². The molecule has 1 aromatic carbocycles. The first-order valence-corrected chi connectivity index (χ1v) is 6.32. The monoisotopic (exact) mass is 231 g/mol. The summed E-state index contributed by atoms with van der Waals surface area (Å²) in [6.07, 6.45) is 2.94. The summed E-state index contributed by atoms with van der Waals surface area (Å²) in [7, 11) is 0. The average Bonchev–Trinajstić information content (AvgIpc) is 2.66. The molecule has 2 aliphatic rings. The van der Waals surface area contributed by atoms with Gasteiger partial charge in [0.05, 0.1) is 6.61 Å². The van der Waals surface area contributed by atoms with Crippen molar-refractivity contribution in [1.29, 1.82) is 0 Å². The highest BCUT2D eigenvalue weighted by Gasteiger charge is 2.32. The Kier molecular flexibility index (Phi) is 2.85. The largest absolute Gasteiger partial charge is 0.464 e. The number of benzene rings is 1. The Morgan fingerprint density at radius 3 is 2.29 bits per heavy atom. The van der Waals surface area contributed by atoms with Gasteiger partial charge in [-0.05, 0) is 24.0 Å². The summed E-state index contributed by atoms with van der Waals surface area (Å²) in [6.45, 7) is 2.53. The third-order valence-corrected chi connectivity index (χ3v) is 3.80. The first-order valence-electron chi connectivity index (χ1n) is 6.32. The second kappa shape index (κ2) is 4.49. The molecule has 0 N–H and O–H groups in total. The normalized spacial score (nSPS) is 25.2. The Balaban J connectivity index is 1.75. The lowest BCUT2D eigenvalue weighted by molar-refractivity contribution is -0.142. The van der Waals surface area contributed by atoms with Gasteiger partial charge < -0.3 is 4.74 Å². The van der Waals surface area contributed by atoms with E-state index in [0.717, 1.165) is 32.4 Å². The van der Waals surface area contributed by atoms with Crippen LogP contribution in [0.3, 0.4) is 0 Å². The maximum Gasteiger partial charge on any atom is 0.323 e. The third kappa shape index (κ3) is 2.07. The Bertz CT molecular complexity index is 403. The minimum Gasteiger partial charge on any atom is -0.464 e. The molecule has 1 aromatic rings. The van der Waals surface area contributed by atoms with Gasteiger partial charge in [0.25, 0.3) is 0 Å². The number of cyclic esters (lactones) is 1. The summed E-state index contributed by atoms with van der Waals surface area (Å²) >= 11 is 0. The van der Waals surface area contributed by atoms with Crippen LogP contribution < -0.4 is 0 Å². The van der Waals surface area contributed by atoms with Gasteiger partial charge in [-0.2, -0.15) is 0 Å². The molecule has 3 rings (SSSR count). The third-order valence-electron chi connectivity index (χ3n) is 3.80. The quantitative estimate of drug-likeness (QED) is 0.684. The summed E-state index contributed by atoms with van der Waals surface area (Å²) in [5, 5.41) is 0. The van der Waals surface area contributed by atoms with Crippen molar-refractivity contribution >= 4 is 5.97 Å². The number of hydrogen-bond acceptors (Lipinski definition) is 3. The van der Waals surface area contributed by atoms with Gasteiger partial charge >= 0.3 is 5.97 Å². The second-order valence-electron chi connectivity index (χ2n) is 4.78. The molecule has 1 fully saturated rings. The molecule has 0 spiro atoms. The van der Waals surface area contributed by atoms with E-state index < -0.39 is 0 Å². The van der Waals surface area contributed by atoms with E-state index in [4.69, 9.17) is 4.74 Å². The second-order valence-corrected chi connectivity index (χ2v) is 4.78. The van der Waals surface area contributed by atoms with Gasteiger partial charge in [0.2, 0.25) is 0 Å². The molecule has 0 bridgehead atoms. The number of carbonyl (C=O) groups is 1. The number of hydrogen-bond donors (Lipinski definition) is 0. The predicted molar refractivity (Wildman–Crippen MR) is 64.8 cm³/mol. The molecule has 2 heterocycles. The van der Waals surface area contributed by atoms with Gasteiger partial charge in [0, 0.05) is 19.5 Å². The fourth-order valence-corrected chi connectivity index (χ4v) is 2.81. The van der Waals surface area contributed by atoms with Crippen LogP contribution in [-0.2, 0) is 22.4 Å². The molecular weight excluding hydrogens is 214 g/mol. The minimum absolute atomic E-state index is 0.00399. The van der Waals surface area contributed by atoms with E-state index >= 15 is 0 Å². The zero-order chi connectivity index (χ0) is 11.7. The van der Waals surface area contributed by atoms with Gasteiger partial charge in [-0.15, -0.1) is 0 Å². The number of carbonyl (C=O) groups excluding carboxylic acids is 1. The summed E-state index contributed by atoms with van der Waals surface area (Å²) in [6, 6.07) is 8.60. The van der Waals surface area contributed by atoms with Crippen LogP contribution in [0.1, 0.15) is 17.5 Å². The van der Waals surface area contributed by atoms with Crippen LogP contribution >= 0.6 is 0 Å². The zero-order valence-electron chi connectivity index (χ0n) is 9.89. The van der Waals surface area contributed by atoms with Crippen molar-refractivity contribution in [1.82, 2.24) is 4.90 Å². The van der Waals surface area contributed by atoms with E-state index in [0.29, 0.717) is 6.61 Å². The highest BCUT2D eigenvalue weighted by Crippen LogP contribution is 2.20. The molecule has 0 aromatic heterocycles. The van der Waals surface area contributed by atoms with Crippen molar-refractivity contribution in [2.45, 2.75) is 25.3 Å². The summed E-state index contributed by atoms with van der Waals surface area (Å²) in [5.74, 6) is -0.0315. The van der Waals surface area contributed by atoms with Gasteiger partial charge in [0.15, 0.2) is 0 Å². The van der Waals surface area contributed by atoms with Gasteiger partial charge in [0.1, 0.15) is 6.04 Å². The van der Waals surface area contributed by atoms with Crippen molar-refractivity contribution in [2.24, 2.45) is 0 Å². The molecule has 3 nitrogen and oxygen atoms in total. The number of rotatable bonds is 1. The van der Waals surface area contributed by atoms with E-state index in [9.17, 15) is 4.79 Å². The first kappa shape index (κ1) is 10.8. The fourth-order valence-electron chi connectivity index (χ4n) is 2.81. The molecule has 1 saturated heterocycles. The van der Waals surface area contributed by atoms with Crippen LogP contribution in [0, 0.1) is 0 Å². The van der Waals surface area contributed by atoms with E-state index in [-0.39, 0.29) is 12.0 Å². The average molecular weight is 231 g/mol. The van der Waals surface area contributed by atoms with E-state index in [2.05, 4.69) is 29.2 Å². The maximum absolute atomic E-state index is 11.6. The Morgan fingerprint density at radius 1 is 1.12 bits per heavy atom. The summed E-state index contributed by atoms with van der Waals surface area (Å²) in [5.41, 5.74) is 2.86. The van der Waals surface area contributed by atoms with Crippen molar-refractivity contribution in [3.05, 3.63) is 35.4 Å². The molecule has 0 radical (unpaired) electrons. The van der Waals surface area contributed by atoms with Crippen molar-refractivity contribution in [2.75, 3.05) is 19.7 Å². The van der Waals surface area contributed by atoms with E-state index in [1.807, 2.05) is 0 Å². The fraction of sp³-hybridized carbons (Fsp3) is 0.500. The number of nitrogens with zero attached hydrogens (tertiary/aromatic N) is 1. The highest BCUT2D eigenvalue weighted by atomic mass is 16.5. The lowest BCUT2D eigenvalue weighted by Gasteiger charge is -2.23. The standard InChI is InChI=1S/C14H17NO2/c16-14-13(7-10-17-14)15-8-5-11-3-1-2-4-12(11)6-9-15/h1-4,13H,5-10H2. The molecule has 17 heavy (non-hydrogen) atoms. The van der Waals surface area contributed by atoms with Crippen LogP contribution in [0.5, 0.6) is 0 Å². The lowest BCUT2D eigenvalue weighted by Crippen LogP contribution is -2.40. The molecule has 90 valence electrons. The molecule has 2 aliphatic heterocycles. The van der Waals surface area contributed by atoms with Crippen molar-refractivity contribution in [3.63, 3.8) is 0 Å². The molecule has 0 amide bonds. The molecule has 1 atom stereocenters. The van der Waals surface area contributed by atoms with Crippen molar-refractivity contribution < 1.29 is 9.53 Å². The van der Waals surface area contributed by atoms with Crippen LogP contribution in [0.4, 0.5) is 0 Å². The van der Waals surface area contributed by atoms with Gasteiger partial charge in [-0.1, -0.05) is 24.3 Å². The first-order chi connectivity index (χ1) is 8.34. The topological polar surface area (TPSA) is 29.5 Å². The minimum atomic E-state index is -0.0315. The van der Waals surface area contributed by atoms with Crippen molar-refractivity contribution in [3.8, 4) is 0 Å². The number of esters is 1. The SMILES string of the molecule is O=C1OCCC1N1CCc2ccccc2CC1. The molecular formula is C14H17NO2. The molecule has 1 unspecified atom stereocenters. The Morgan fingerprint density at radius 2 is 1.76 bits per heavy atom. The Labute approximate surface area is 101 Å². The van der Waals surface area contributed by atoms with E-state index in [1.54, 1.807) is 0 Å². The summed E-state index contributed by atoms with van der Waals surface area (Å²) < 4.78 is 5.06. The molecule has 3 heteroatoms. The van der Waals surface area contributed by atoms with Crippen LogP contribution in [0.2, 0.25) is 0 Å². The maximum atomic E-state index is 11.6. The smallest absolute Gasteiger partial charge is 0.323 e.